The van der Waals surface area contributed by atoms with Crippen LogP contribution in [0.15, 0.2) is 17.3 Å². The van der Waals surface area contributed by atoms with E-state index in [4.69, 9.17) is 10.5 Å². The third kappa shape index (κ3) is 4.41. The summed E-state index contributed by atoms with van der Waals surface area (Å²) in [7, 11) is -2.08. The Morgan fingerprint density at radius 3 is 2.42 bits per heavy atom. The minimum absolute atomic E-state index is 0.0402. The van der Waals surface area contributed by atoms with E-state index in [0.717, 1.165) is 0 Å². The zero-order valence-corrected chi connectivity index (χ0v) is 12.2. The minimum Gasteiger partial charge on any atom is -0.383 e. The van der Waals surface area contributed by atoms with Crippen LogP contribution in [0.1, 0.15) is 13.8 Å². The Kier molecular flexibility index (Phi) is 5.64. The third-order valence-corrected chi connectivity index (χ3v) is 4.22. The lowest BCUT2D eigenvalue weighted by Crippen LogP contribution is -2.36. The van der Waals surface area contributed by atoms with Gasteiger partial charge in [-0.3, -0.25) is 0 Å². The summed E-state index contributed by atoms with van der Waals surface area (Å²) in [5, 5.41) is 0. The molecule has 0 aliphatic rings. The highest BCUT2D eigenvalue weighted by molar-refractivity contribution is 7.89. The second kappa shape index (κ2) is 6.78. The molecule has 0 atom stereocenters. The van der Waals surface area contributed by atoms with Crippen molar-refractivity contribution < 1.29 is 13.2 Å². The number of anilines is 1. The predicted molar refractivity (Wildman–Crippen MR) is 71.9 cm³/mol. The number of nitrogens with zero attached hydrogens (tertiary/aromatic N) is 3. The van der Waals surface area contributed by atoms with E-state index in [1.165, 1.54) is 23.8 Å². The summed E-state index contributed by atoms with van der Waals surface area (Å²) in [5.74, 6) is 0.257. The number of aromatic nitrogens is 2. The predicted octanol–water partition coefficient (Wildman–Crippen LogP) is 0.352. The van der Waals surface area contributed by atoms with E-state index >= 15 is 0 Å². The van der Waals surface area contributed by atoms with Crippen molar-refractivity contribution in [3.8, 4) is 0 Å². The molecule has 19 heavy (non-hydrogen) atoms. The summed E-state index contributed by atoms with van der Waals surface area (Å²) in [6.45, 7) is 4.95. The van der Waals surface area contributed by atoms with E-state index < -0.39 is 10.0 Å². The summed E-state index contributed by atoms with van der Waals surface area (Å²) in [4.78, 5) is 7.47. The van der Waals surface area contributed by atoms with Crippen molar-refractivity contribution >= 4 is 16.0 Å². The fourth-order valence-electron chi connectivity index (χ4n) is 1.52. The maximum Gasteiger partial charge on any atom is 0.246 e. The summed E-state index contributed by atoms with van der Waals surface area (Å²) in [6, 6.07) is 0. The molecule has 0 aromatic carbocycles. The lowest BCUT2D eigenvalue weighted by molar-refractivity contribution is 0.175. The number of ether oxygens (including phenoxy) is 1. The lowest BCUT2D eigenvalue weighted by Gasteiger charge is -2.23. The van der Waals surface area contributed by atoms with Gasteiger partial charge in [-0.2, -0.15) is 4.31 Å². The fraction of sp³-hybridized carbons (Fsp3) is 0.636. The van der Waals surface area contributed by atoms with Crippen LogP contribution in [-0.4, -0.2) is 49.5 Å². The number of hydrogen-bond donors (Lipinski definition) is 1. The van der Waals surface area contributed by atoms with Crippen LogP contribution in [0.3, 0.4) is 0 Å². The van der Waals surface area contributed by atoms with Crippen molar-refractivity contribution in [1.82, 2.24) is 14.3 Å². The SMILES string of the molecule is COCCN(CC(C)C)S(=O)(=O)c1cnc(N)nc1. The molecule has 7 nitrogen and oxygen atoms in total. The van der Waals surface area contributed by atoms with Crippen molar-refractivity contribution in [2.75, 3.05) is 32.5 Å². The summed E-state index contributed by atoms with van der Waals surface area (Å²) in [5.41, 5.74) is 5.36. The highest BCUT2D eigenvalue weighted by Crippen LogP contribution is 2.15. The van der Waals surface area contributed by atoms with Crippen molar-refractivity contribution in [1.29, 1.82) is 0 Å². The summed E-state index contributed by atoms with van der Waals surface area (Å²) in [6.07, 6.45) is 2.44. The first-order valence-electron chi connectivity index (χ1n) is 5.94. The van der Waals surface area contributed by atoms with Crippen molar-refractivity contribution in [2.45, 2.75) is 18.7 Å². The molecule has 1 aromatic heterocycles. The molecule has 0 aliphatic heterocycles. The van der Waals surface area contributed by atoms with Crippen LogP contribution in [-0.2, 0) is 14.8 Å². The highest BCUT2D eigenvalue weighted by atomic mass is 32.2. The molecule has 0 amide bonds. The smallest absolute Gasteiger partial charge is 0.246 e. The number of sulfonamides is 1. The second-order valence-corrected chi connectivity index (χ2v) is 6.46. The van der Waals surface area contributed by atoms with Gasteiger partial charge in [-0.05, 0) is 5.92 Å². The molecule has 0 aliphatic carbocycles. The van der Waals surface area contributed by atoms with Gasteiger partial charge < -0.3 is 10.5 Å². The average molecular weight is 288 g/mol. The van der Waals surface area contributed by atoms with Crippen LogP contribution >= 0.6 is 0 Å². The van der Waals surface area contributed by atoms with Gasteiger partial charge in [0.15, 0.2) is 0 Å². The summed E-state index contributed by atoms with van der Waals surface area (Å²) < 4.78 is 31.2. The van der Waals surface area contributed by atoms with Gasteiger partial charge in [0.1, 0.15) is 4.90 Å². The van der Waals surface area contributed by atoms with E-state index in [0.29, 0.717) is 19.7 Å². The summed E-state index contributed by atoms with van der Waals surface area (Å²) >= 11 is 0. The van der Waals surface area contributed by atoms with Crippen molar-refractivity contribution in [3.63, 3.8) is 0 Å². The van der Waals surface area contributed by atoms with Gasteiger partial charge in [0.25, 0.3) is 0 Å². The van der Waals surface area contributed by atoms with Crippen LogP contribution < -0.4 is 5.73 Å². The van der Waals surface area contributed by atoms with Gasteiger partial charge in [0.2, 0.25) is 16.0 Å². The minimum atomic E-state index is -3.61. The number of rotatable bonds is 7. The number of methoxy groups -OCH3 is 1. The van der Waals surface area contributed by atoms with Crippen LogP contribution in [0.5, 0.6) is 0 Å². The molecule has 1 aromatic rings. The van der Waals surface area contributed by atoms with Gasteiger partial charge in [0, 0.05) is 20.2 Å². The molecular weight excluding hydrogens is 268 g/mol. The van der Waals surface area contributed by atoms with Gasteiger partial charge in [0.05, 0.1) is 19.0 Å². The standard InChI is InChI=1S/C11H20N4O3S/c1-9(2)8-15(4-5-18-3)19(16,17)10-6-13-11(12)14-7-10/h6-7,9H,4-5,8H2,1-3H3,(H2,12,13,14). The molecule has 2 N–H and O–H groups in total. The van der Waals surface area contributed by atoms with Gasteiger partial charge in [-0.25, -0.2) is 18.4 Å². The van der Waals surface area contributed by atoms with Crippen molar-refractivity contribution in [2.24, 2.45) is 5.92 Å². The number of hydrogen-bond acceptors (Lipinski definition) is 6. The van der Waals surface area contributed by atoms with Crippen LogP contribution in [0.4, 0.5) is 5.95 Å². The first-order chi connectivity index (χ1) is 8.87. The van der Waals surface area contributed by atoms with Crippen LogP contribution in [0, 0.1) is 5.92 Å². The number of nitrogens with two attached hydrogens (primary N) is 1. The molecule has 1 heterocycles. The number of nitrogen functional groups attached to an aromatic ring is 1. The highest BCUT2D eigenvalue weighted by Gasteiger charge is 2.25. The Labute approximate surface area is 113 Å². The lowest BCUT2D eigenvalue weighted by atomic mass is 10.2. The fourth-order valence-corrected chi connectivity index (χ4v) is 3.00. The van der Waals surface area contributed by atoms with Gasteiger partial charge >= 0.3 is 0 Å². The zero-order chi connectivity index (χ0) is 14.5. The molecule has 0 unspecified atom stereocenters. The topological polar surface area (TPSA) is 98.4 Å². The molecule has 0 fully saturated rings. The Balaban J connectivity index is 3.00. The molecule has 8 heteroatoms. The second-order valence-electron chi connectivity index (χ2n) is 4.53. The van der Waals surface area contributed by atoms with Crippen molar-refractivity contribution in [3.05, 3.63) is 12.4 Å². The quantitative estimate of drug-likeness (QED) is 0.777. The van der Waals surface area contributed by atoms with E-state index in [-0.39, 0.29) is 16.8 Å². The first kappa shape index (κ1) is 15.8. The van der Waals surface area contributed by atoms with E-state index in [1.54, 1.807) is 0 Å². The Bertz CT molecular complexity index is 487. The maximum absolute atomic E-state index is 12.4. The molecule has 108 valence electrons. The van der Waals surface area contributed by atoms with Gasteiger partial charge in [-0.15, -0.1) is 0 Å². The Morgan fingerprint density at radius 2 is 1.95 bits per heavy atom. The zero-order valence-electron chi connectivity index (χ0n) is 11.4. The van der Waals surface area contributed by atoms with E-state index in [1.807, 2.05) is 13.8 Å². The normalized spacial score (nSPS) is 12.3. The maximum atomic E-state index is 12.4. The molecule has 0 saturated heterocycles. The molecular formula is C11H20N4O3S. The van der Waals surface area contributed by atoms with Crippen LogP contribution in [0.25, 0.3) is 0 Å². The molecule has 0 spiro atoms. The third-order valence-electron chi connectivity index (χ3n) is 2.40. The monoisotopic (exact) mass is 288 g/mol. The van der Waals surface area contributed by atoms with E-state index in [2.05, 4.69) is 9.97 Å². The molecule has 0 radical (unpaired) electrons. The average Bonchev–Trinajstić information content (AvgIpc) is 2.34. The largest absolute Gasteiger partial charge is 0.383 e. The molecule has 0 bridgehead atoms. The first-order valence-corrected chi connectivity index (χ1v) is 7.38. The molecule has 1 rings (SSSR count). The Morgan fingerprint density at radius 1 is 1.37 bits per heavy atom. The Hall–Kier alpha value is -1.25. The van der Waals surface area contributed by atoms with E-state index in [9.17, 15) is 8.42 Å². The molecule has 0 saturated carbocycles. The van der Waals surface area contributed by atoms with Gasteiger partial charge in [-0.1, -0.05) is 13.8 Å². The van der Waals surface area contributed by atoms with Crippen LogP contribution in [0.2, 0.25) is 0 Å².